The van der Waals surface area contributed by atoms with Crippen molar-refractivity contribution in [3.63, 3.8) is 0 Å². The molecule has 33 heavy (non-hydrogen) atoms. The van der Waals surface area contributed by atoms with E-state index in [1.807, 2.05) is 36.4 Å². The zero-order chi connectivity index (χ0) is 23.4. The van der Waals surface area contributed by atoms with Gasteiger partial charge in [0.15, 0.2) is 0 Å². The Morgan fingerprint density at radius 3 is 1.67 bits per heavy atom. The summed E-state index contributed by atoms with van der Waals surface area (Å²) in [6.07, 6.45) is 23.3. The molecule has 0 unspecified atom stereocenters. The number of nitrogens with zero attached hydrogens (tertiary/aromatic N) is 1. The summed E-state index contributed by atoms with van der Waals surface area (Å²) >= 11 is 0. The van der Waals surface area contributed by atoms with Crippen molar-refractivity contribution >= 4 is 0 Å². The van der Waals surface area contributed by atoms with Gasteiger partial charge in [0.2, 0.25) is 0 Å². The molecule has 2 rings (SSSR count). The van der Waals surface area contributed by atoms with E-state index in [1.165, 1.54) is 83.5 Å². The van der Waals surface area contributed by atoms with E-state index in [1.54, 1.807) is 0 Å². The Labute approximate surface area is 202 Å². The summed E-state index contributed by atoms with van der Waals surface area (Å²) in [5.41, 5.74) is 2.95. The molecule has 178 valence electrons. The highest BCUT2D eigenvalue weighted by atomic mass is 16.5. The molecule has 0 spiro atoms. The number of benzene rings is 2. The van der Waals surface area contributed by atoms with Crippen molar-refractivity contribution in [3.05, 3.63) is 66.2 Å². The van der Waals surface area contributed by atoms with Crippen LogP contribution in [0.1, 0.15) is 102 Å². The average Bonchev–Trinajstić information content (AvgIpc) is 2.86. The van der Waals surface area contributed by atoms with Crippen molar-refractivity contribution in [3.8, 4) is 22.9 Å². The summed E-state index contributed by atoms with van der Waals surface area (Å²) in [7, 11) is 0. The van der Waals surface area contributed by atoms with Crippen molar-refractivity contribution in [2.75, 3.05) is 6.61 Å². The minimum Gasteiger partial charge on any atom is -0.494 e. The molecule has 0 saturated heterocycles. The first-order valence-electron chi connectivity index (χ1n) is 13.2. The minimum absolute atomic E-state index is 0.689. The van der Waals surface area contributed by atoms with Crippen LogP contribution in [-0.4, -0.2) is 6.61 Å². The van der Waals surface area contributed by atoms with Crippen LogP contribution in [0.5, 0.6) is 5.75 Å². The number of hydrogen-bond donors (Lipinski definition) is 0. The van der Waals surface area contributed by atoms with Crippen LogP contribution in [0.25, 0.3) is 11.1 Å². The standard InChI is InChI=1S/C31H43NO/c1-2-3-4-5-6-7-8-9-10-11-12-13-14-15-16-17-26-33-31-24-22-30(23-25-31)29-20-18-28(27-32)19-21-29/h9-10,18-25H,2-8,11-17,26H2,1H3/b10-9-. The van der Waals surface area contributed by atoms with Crippen LogP contribution in [0.2, 0.25) is 0 Å². The zero-order valence-corrected chi connectivity index (χ0v) is 20.7. The third-order valence-corrected chi connectivity index (χ3v) is 6.13. The number of rotatable bonds is 18. The summed E-state index contributed by atoms with van der Waals surface area (Å²) in [4.78, 5) is 0. The van der Waals surface area contributed by atoms with Gasteiger partial charge in [-0.1, -0.05) is 101 Å². The molecule has 0 radical (unpaired) electrons. The van der Waals surface area contributed by atoms with Gasteiger partial charge in [-0.2, -0.15) is 5.26 Å². The molecule has 0 aliphatic carbocycles. The Kier molecular flexibility index (Phi) is 14.5. The lowest BCUT2D eigenvalue weighted by molar-refractivity contribution is 0.304. The average molecular weight is 446 g/mol. The minimum atomic E-state index is 0.689. The first-order valence-corrected chi connectivity index (χ1v) is 13.2. The topological polar surface area (TPSA) is 33.0 Å². The predicted molar refractivity (Wildman–Crippen MR) is 142 cm³/mol. The van der Waals surface area contributed by atoms with Crippen molar-refractivity contribution in [2.24, 2.45) is 0 Å². The van der Waals surface area contributed by atoms with Gasteiger partial charge >= 0.3 is 0 Å². The number of unbranched alkanes of at least 4 members (excludes halogenated alkanes) is 12. The van der Waals surface area contributed by atoms with Crippen LogP contribution < -0.4 is 4.74 Å². The smallest absolute Gasteiger partial charge is 0.119 e. The molecule has 2 nitrogen and oxygen atoms in total. The lowest BCUT2D eigenvalue weighted by atomic mass is 10.0. The Balaban J connectivity index is 1.42. The summed E-state index contributed by atoms with van der Waals surface area (Å²) in [5.74, 6) is 0.931. The van der Waals surface area contributed by atoms with E-state index < -0.39 is 0 Å². The fourth-order valence-electron chi connectivity index (χ4n) is 4.02. The third kappa shape index (κ3) is 12.3. The van der Waals surface area contributed by atoms with Gasteiger partial charge in [0.1, 0.15) is 5.75 Å². The quantitative estimate of drug-likeness (QED) is 0.169. The van der Waals surface area contributed by atoms with Crippen molar-refractivity contribution in [1.29, 1.82) is 5.26 Å². The molecule has 0 fully saturated rings. The molecule has 2 aromatic rings. The van der Waals surface area contributed by atoms with Crippen LogP contribution in [0.4, 0.5) is 0 Å². The normalized spacial score (nSPS) is 11.0. The molecule has 0 aliphatic rings. The molecule has 0 aliphatic heterocycles. The van der Waals surface area contributed by atoms with Gasteiger partial charge in [0, 0.05) is 0 Å². The van der Waals surface area contributed by atoms with Crippen molar-refractivity contribution in [2.45, 2.75) is 96.8 Å². The fraction of sp³-hybridized carbons (Fsp3) is 0.516. The molecule has 0 bridgehead atoms. The summed E-state index contributed by atoms with van der Waals surface area (Å²) in [6.45, 7) is 3.07. The monoisotopic (exact) mass is 445 g/mol. The third-order valence-electron chi connectivity index (χ3n) is 6.13. The van der Waals surface area contributed by atoms with Gasteiger partial charge in [0.25, 0.3) is 0 Å². The Morgan fingerprint density at radius 2 is 1.12 bits per heavy atom. The molecule has 0 N–H and O–H groups in total. The van der Waals surface area contributed by atoms with Gasteiger partial charge in [-0.15, -0.1) is 0 Å². The molecule has 0 amide bonds. The summed E-state index contributed by atoms with van der Waals surface area (Å²) in [6, 6.07) is 18.1. The maximum Gasteiger partial charge on any atom is 0.119 e. The molecule has 0 atom stereocenters. The molecule has 2 heteroatoms. The molecule has 0 saturated carbocycles. The lowest BCUT2D eigenvalue weighted by Crippen LogP contribution is -1.97. The second-order valence-corrected chi connectivity index (χ2v) is 9.00. The number of ether oxygens (including phenoxy) is 1. The Morgan fingerprint density at radius 1 is 0.636 bits per heavy atom. The van der Waals surface area contributed by atoms with Gasteiger partial charge < -0.3 is 4.74 Å². The first kappa shape index (κ1) is 26.7. The van der Waals surface area contributed by atoms with E-state index >= 15 is 0 Å². The SMILES string of the molecule is CCCCCCCC/C=C\CCCCCCCCOc1ccc(-c2ccc(C#N)cc2)cc1. The lowest BCUT2D eigenvalue weighted by Gasteiger charge is -2.08. The Bertz CT molecular complexity index is 798. The largest absolute Gasteiger partial charge is 0.494 e. The Hall–Kier alpha value is -2.53. The molecule has 2 aromatic carbocycles. The summed E-state index contributed by atoms with van der Waals surface area (Å²) in [5, 5.41) is 8.91. The number of nitriles is 1. The van der Waals surface area contributed by atoms with Gasteiger partial charge in [-0.25, -0.2) is 0 Å². The van der Waals surface area contributed by atoms with Crippen LogP contribution in [0.3, 0.4) is 0 Å². The second kappa shape index (κ2) is 18.0. The van der Waals surface area contributed by atoms with Crippen LogP contribution in [-0.2, 0) is 0 Å². The maximum atomic E-state index is 8.91. The van der Waals surface area contributed by atoms with E-state index in [4.69, 9.17) is 10.00 Å². The predicted octanol–water partition coefficient (Wildman–Crippen LogP) is 9.64. The van der Waals surface area contributed by atoms with Crippen molar-refractivity contribution in [1.82, 2.24) is 0 Å². The highest BCUT2D eigenvalue weighted by Crippen LogP contribution is 2.23. The van der Waals surface area contributed by atoms with Gasteiger partial charge in [-0.3, -0.25) is 0 Å². The van der Waals surface area contributed by atoms with E-state index in [0.717, 1.165) is 29.9 Å². The van der Waals surface area contributed by atoms with E-state index in [0.29, 0.717) is 5.56 Å². The highest BCUT2D eigenvalue weighted by Gasteiger charge is 2.00. The van der Waals surface area contributed by atoms with Crippen molar-refractivity contribution < 1.29 is 4.74 Å². The molecule has 0 aromatic heterocycles. The van der Waals surface area contributed by atoms with Crippen LogP contribution in [0.15, 0.2) is 60.7 Å². The summed E-state index contributed by atoms with van der Waals surface area (Å²) < 4.78 is 5.90. The first-order chi connectivity index (χ1) is 16.3. The van der Waals surface area contributed by atoms with Gasteiger partial charge in [-0.05, 0) is 67.5 Å². The van der Waals surface area contributed by atoms with Crippen LogP contribution >= 0.6 is 0 Å². The van der Waals surface area contributed by atoms with E-state index in [2.05, 4.69) is 37.3 Å². The van der Waals surface area contributed by atoms with Crippen LogP contribution in [0, 0.1) is 11.3 Å². The fourth-order valence-corrected chi connectivity index (χ4v) is 4.02. The van der Waals surface area contributed by atoms with E-state index in [9.17, 15) is 0 Å². The number of hydrogen-bond acceptors (Lipinski definition) is 2. The highest BCUT2D eigenvalue weighted by molar-refractivity contribution is 5.64. The second-order valence-electron chi connectivity index (χ2n) is 9.00. The maximum absolute atomic E-state index is 8.91. The molecular formula is C31H43NO. The number of allylic oxidation sites excluding steroid dienone is 2. The molecule has 0 heterocycles. The van der Waals surface area contributed by atoms with E-state index in [-0.39, 0.29) is 0 Å². The molecular weight excluding hydrogens is 402 g/mol. The zero-order valence-electron chi connectivity index (χ0n) is 20.7. The van der Waals surface area contributed by atoms with Gasteiger partial charge in [0.05, 0.1) is 18.2 Å².